The van der Waals surface area contributed by atoms with Crippen molar-refractivity contribution >= 4 is 41.3 Å². The molecule has 0 saturated heterocycles. The van der Waals surface area contributed by atoms with E-state index in [9.17, 15) is 0 Å². The minimum absolute atomic E-state index is 0.0336. The molecule has 0 spiro atoms. The van der Waals surface area contributed by atoms with Crippen molar-refractivity contribution in [1.82, 2.24) is 0 Å². The molecule has 0 fully saturated rings. The first-order valence-corrected chi connectivity index (χ1v) is 19.0. The summed E-state index contributed by atoms with van der Waals surface area (Å²) >= 11 is 0.0673. The average Bonchev–Trinajstić information content (AvgIpc) is 2.63. The molecule has 0 nitrogen and oxygen atoms in total. The van der Waals surface area contributed by atoms with E-state index in [0.717, 1.165) is 0 Å². The van der Waals surface area contributed by atoms with Crippen molar-refractivity contribution in [1.29, 1.82) is 0 Å². The van der Waals surface area contributed by atoms with Gasteiger partial charge in [-0.2, -0.15) is 0 Å². The Morgan fingerprint density at radius 1 is 0.542 bits per heavy atom. The van der Waals surface area contributed by atoms with E-state index in [-0.39, 0.29) is 34.1 Å². The number of benzene rings is 2. The molecule has 0 atom stereocenters. The van der Waals surface area contributed by atoms with E-state index in [0.29, 0.717) is 0 Å². The Balaban J connectivity index is 1.76. The number of hydrogen-bond donors (Lipinski definition) is 0. The molecule has 24 heavy (non-hydrogen) atoms. The Bertz CT molecular complexity index is 504. The molecular formula is C22H30Te2. The van der Waals surface area contributed by atoms with Gasteiger partial charge >= 0.3 is 166 Å². The molecule has 130 valence electrons. The molecule has 0 aliphatic rings. The molecule has 0 aliphatic heterocycles. The predicted molar refractivity (Wildman–Crippen MR) is 110 cm³/mol. The van der Waals surface area contributed by atoms with Crippen LogP contribution in [0.4, 0.5) is 0 Å². The van der Waals surface area contributed by atoms with Crippen LogP contribution in [-0.4, -0.2) is 34.1 Å². The van der Waals surface area contributed by atoms with Crippen LogP contribution in [-0.2, 0) is 12.8 Å². The number of hydrogen-bond acceptors (Lipinski definition) is 0. The SMILES string of the molecule is CCCCCc1ccc([Te][Te]c2ccc(CCCCC)cc2)cc1. The van der Waals surface area contributed by atoms with Gasteiger partial charge in [0.25, 0.3) is 0 Å². The monoisotopic (exact) mass is 554 g/mol. The Labute approximate surface area is 165 Å². The van der Waals surface area contributed by atoms with E-state index in [2.05, 4.69) is 62.4 Å². The molecule has 2 aromatic rings. The van der Waals surface area contributed by atoms with Gasteiger partial charge < -0.3 is 0 Å². The second kappa shape index (κ2) is 12.4. The Morgan fingerprint density at radius 3 is 1.25 bits per heavy atom. The van der Waals surface area contributed by atoms with Gasteiger partial charge in [-0.15, -0.1) is 0 Å². The zero-order valence-electron chi connectivity index (χ0n) is 15.1. The van der Waals surface area contributed by atoms with Crippen LogP contribution in [0.5, 0.6) is 0 Å². The molecule has 0 bridgehead atoms. The predicted octanol–water partition coefficient (Wildman–Crippen LogP) is 4.43. The maximum absolute atomic E-state index is 2.41. The van der Waals surface area contributed by atoms with Crippen molar-refractivity contribution in [3.05, 3.63) is 59.7 Å². The van der Waals surface area contributed by atoms with Gasteiger partial charge in [-0.05, 0) is 0 Å². The first-order valence-electron chi connectivity index (χ1n) is 9.34. The van der Waals surface area contributed by atoms with Crippen LogP contribution in [0.25, 0.3) is 0 Å². The third kappa shape index (κ3) is 7.93. The van der Waals surface area contributed by atoms with E-state index in [1.807, 2.05) is 0 Å². The van der Waals surface area contributed by atoms with Crippen molar-refractivity contribution in [2.24, 2.45) is 0 Å². The van der Waals surface area contributed by atoms with Gasteiger partial charge in [0, 0.05) is 0 Å². The second-order valence-electron chi connectivity index (χ2n) is 6.37. The maximum atomic E-state index is 2.41. The van der Waals surface area contributed by atoms with Gasteiger partial charge in [0.15, 0.2) is 0 Å². The number of unbranched alkanes of at least 4 members (excludes halogenated alkanes) is 4. The van der Waals surface area contributed by atoms with E-state index in [1.165, 1.54) is 62.5 Å². The molecule has 0 heterocycles. The first kappa shape index (κ1) is 20.3. The average molecular weight is 550 g/mol. The Kier molecular flexibility index (Phi) is 10.5. The van der Waals surface area contributed by atoms with Crippen molar-refractivity contribution < 1.29 is 0 Å². The summed E-state index contributed by atoms with van der Waals surface area (Å²) in [7, 11) is 0. The van der Waals surface area contributed by atoms with Gasteiger partial charge in [0.05, 0.1) is 0 Å². The molecule has 0 aromatic heterocycles. The van der Waals surface area contributed by atoms with Gasteiger partial charge in [-0.3, -0.25) is 0 Å². The van der Waals surface area contributed by atoms with Crippen molar-refractivity contribution in [3.63, 3.8) is 0 Å². The summed E-state index contributed by atoms with van der Waals surface area (Å²) < 4.78 is 3.29. The zero-order chi connectivity index (χ0) is 17.0. The Hall–Kier alpha value is 0.0192. The van der Waals surface area contributed by atoms with Gasteiger partial charge in [0.2, 0.25) is 0 Å². The standard InChI is InChI=1S/C22H30Te2/c1-3-5-7-9-19-11-15-21(16-12-19)23-24-22-17-13-20(14-18-22)10-8-6-4-2/h11-18H,3-10H2,1-2H3. The molecule has 0 amide bonds. The summed E-state index contributed by atoms with van der Waals surface area (Å²) in [5.74, 6) is 0. The molecule has 0 aliphatic carbocycles. The third-order valence-corrected chi connectivity index (χ3v) is 16.1. The van der Waals surface area contributed by atoms with Crippen molar-refractivity contribution in [3.8, 4) is 0 Å². The fourth-order valence-electron chi connectivity index (χ4n) is 2.68. The fraction of sp³-hybridized carbons (Fsp3) is 0.455. The van der Waals surface area contributed by atoms with Gasteiger partial charge in [-0.25, -0.2) is 0 Å². The Morgan fingerprint density at radius 2 is 0.917 bits per heavy atom. The fourth-order valence-corrected chi connectivity index (χ4v) is 12.6. The van der Waals surface area contributed by atoms with E-state index < -0.39 is 0 Å². The minimum atomic E-state index is 0.0336. The van der Waals surface area contributed by atoms with Crippen LogP contribution >= 0.6 is 0 Å². The molecule has 2 aromatic carbocycles. The quantitative estimate of drug-likeness (QED) is 0.288. The molecule has 0 N–H and O–H groups in total. The van der Waals surface area contributed by atoms with Crippen LogP contribution in [0.1, 0.15) is 63.5 Å². The summed E-state index contributed by atoms with van der Waals surface area (Å²) in [4.78, 5) is 0. The van der Waals surface area contributed by atoms with Crippen LogP contribution in [0.3, 0.4) is 0 Å². The second-order valence-corrected chi connectivity index (χ2v) is 16.4. The topological polar surface area (TPSA) is 0 Å². The normalized spacial score (nSPS) is 10.9. The molecule has 2 rings (SSSR count). The molecular weight excluding hydrogens is 519 g/mol. The van der Waals surface area contributed by atoms with Crippen molar-refractivity contribution in [2.45, 2.75) is 65.2 Å². The first-order chi connectivity index (χ1) is 11.8. The van der Waals surface area contributed by atoms with Crippen LogP contribution in [0.15, 0.2) is 48.5 Å². The summed E-state index contributed by atoms with van der Waals surface area (Å²) in [6.45, 7) is 4.55. The van der Waals surface area contributed by atoms with Crippen LogP contribution in [0.2, 0.25) is 0 Å². The molecule has 0 unspecified atom stereocenters. The van der Waals surface area contributed by atoms with Crippen molar-refractivity contribution in [2.75, 3.05) is 0 Å². The van der Waals surface area contributed by atoms with Gasteiger partial charge in [-0.1, -0.05) is 0 Å². The number of aryl methyl sites for hydroxylation is 2. The summed E-state index contributed by atoms with van der Waals surface area (Å²) in [5.41, 5.74) is 3.05. The van der Waals surface area contributed by atoms with Gasteiger partial charge in [0.1, 0.15) is 0 Å². The van der Waals surface area contributed by atoms with Crippen LogP contribution < -0.4 is 7.22 Å². The summed E-state index contributed by atoms with van der Waals surface area (Å²) in [6.07, 6.45) is 10.5. The van der Waals surface area contributed by atoms with E-state index in [1.54, 1.807) is 7.22 Å². The summed E-state index contributed by atoms with van der Waals surface area (Å²) in [5, 5.41) is 0. The summed E-state index contributed by atoms with van der Waals surface area (Å²) in [6, 6.07) is 19.1. The van der Waals surface area contributed by atoms with E-state index >= 15 is 0 Å². The molecule has 0 saturated carbocycles. The molecule has 2 heteroatoms. The molecule has 0 radical (unpaired) electrons. The third-order valence-electron chi connectivity index (χ3n) is 4.22. The van der Waals surface area contributed by atoms with Crippen LogP contribution in [0, 0.1) is 0 Å². The van der Waals surface area contributed by atoms with E-state index in [4.69, 9.17) is 0 Å². The number of rotatable bonds is 11. The zero-order valence-corrected chi connectivity index (χ0v) is 19.8.